The lowest BCUT2D eigenvalue weighted by Gasteiger charge is -2.21. The summed E-state index contributed by atoms with van der Waals surface area (Å²) in [5, 5.41) is 11.4. The van der Waals surface area contributed by atoms with Crippen molar-refractivity contribution in [1.82, 2.24) is 4.90 Å². The average molecular weight is 185 g/mol. The van der Waals surface area contributed by atoms with Gasteiger partial charge in [-0.15, -0.1) is 11.3 Å². The maximum Gasteiger partial charge on any atom is 0.131 e. The Morgan fingerprint density at radius 3 is 2.58 bits per heavy atom. The normalized spacial score (nSPS) is 13.7. The molecule has 0 saturated carbocycles. The van der Waals surface area contributed by atoms with Crippen LogP contribution in [-0.4, -0.2) is 24.1 Å². The lowest BCUT2D eigenvalue weighted by atomic mass is 10.1. The fraction of sp³-hybridized carbons (Fsp3) is 0.556. The largest absolute Gasteiger partial charge is 0.507 e. The van der Waals surface area contributed by atoms with Crippen molar-refractivity contribution >= 4 is 11.3 Å². The molecule has 0 amide bonds. The molecule has 3 heteroatoms. The molecule has 68 valence electrons. The minimum Gasteiger partial charge on any atom is -0.507 e. The topological polar surface area (TPSA) is 23.5 Å². The molecule has 0 bridgehead atoms. The Morgan fingerprint density at radius 1 is 1.58 bits per heavy atom. The number of rotatable bonds is 3. The third kappa shape index (κ3) is 1.79. The minimum absolute atomic E-state index is 0.352. The van der Waals surface area contributed by atoms with Crippen LogP contribution in [0.15, 0.2) is 11.4 Å². The molecule has 0 aromatic carbocycles. The summed E-state index contributed by atoms with van der Waals surface area (Å²) in [6.07, 6.45) is 1.03. The molecule has 0 radical (unpaired) electrons. The second-order valence-electron chi connectivity index (χ2n) is 3.06. The Morgan fingerprint density at radius 2 is 2.25 bits per heavy atom. The third-order valence-corrected chi connectivity index (χ3v) is 2.99. The van der Waals surface area contributed by atoms with Gasteiger partial charge in [-0.25, -0.2) is 0 Å². The van der Waals surface area contributed by atoms with Crippen LogP contribution in [0.5, 0.6) is 5.75 Å². The van der Waals surface area contributed by atoms with Crippen LogP contribution in [0.25, 0.3) is 0 Å². The van der Waals surface area contributed by atoms with Gasteiger partial charge in [0.1, 0.15) is 5.75 Å². The van der Waals surface area contributed by atoms with Crippen molar-refractivity contribution in [1.29, 1.82) is 0 Å². The summed E-state index contributed by atoms with van der Waals surface area (Å²) in [6, 6.07) is 2.11. The summed E-state index contributed by atoms with van der Waals surface area (Å²) >= 11 is 1.62. The average Bonchev–Trinajstić information content (AvgIpc) is 2.38. The van der Waals surface area contributed by atoms with E-state index in [0.29, 0.717) is 11.8 Å². The van der Waals surface area contributed by atoms with Gasteiger partial charge in [-0.2, -0.15) is 0 Å². The Hall–Kier alpha value is -0.540. The van der Waals surface area contributed by atoms with Crippen molar-refractivity contribution in [2.24, 2.45) is 0 Å². The number of hydrogen-bond acceptors (Lipinski definition) is 3. The first-order valence-electron chi connectivity index (χ1n) is 4.09. The van der Waals surface area contributed by atoms with Crippen molar-refractivity contribution in [2.75, 3.05) is 14.1 Å². The highest BCUT2D eigenvalue weighted by Crippen LogP contribution is 2.33. The summed E-state index contributed by atoms with van der Waals surface area (Å²) in [6.45, 7) is 2.13. The molecule has 1 aromatic rings. The van der Waals surface area contributed by atoms with E-state index in [-0.39, 0.29) is 0 Å². The van der Waals surface area contributed by atoms with Gasteiger partial charge >= 0.3 is 0 Å². The maximum absolute atomic E-state index is 9.48. The van der Waals surface area contributed by atoms with E-state index in [1.165, 1.54) is 0 Å². The molecule has 2 nitrogen and oxygen atoms in total. The van der Waals surface area contributed by atoms with Gasteiger partial charge in [0.15, 0.2) is 0 Å². The standard InChI is InChI=1S/C9H15NOS/c1-4-7(10(2)3)9-8(11)5-6-12-9/h5-7,11H,4H2,1-3H3. The van der Waals surface area contributed by atoms with Gasteiger partial charge in [0.2, 0.25) is 0 Å². The van der Waals surface area contributed by atoms with Gasteiger partial charge in [-0.05, 0) is 32.0 Å². The van der Waals surface area contributed by atoms with Gasteiger partial charge in [0.25, 0.3) is 0 Å². The predicted octanol–water partition coefficient (Wildman–Crippen LogP) is 2.47. The number of nitrogens with zero attached hydrogens (tertiary/aromatic N) is 1. The highest BCUT2D eigenvalue weighted by molar-refractivity contribution is 7.10. The molecule has 1 atom stereocenters. The van der Waals surface area contributed by atoms with E-state index in [9.17, 15) is 5.11 Å². The summed E-state index contributed by atoms with van der Waals surface area (Å²) in [4.78, 5) is 3.20. The van der Waals surface area contributed by atoms with Crippen LogP contribution in [0.2, 0.25) is 0 Å². The van der Waals surface area contributed by atoms with E-state index in [1.54, 1.807) is 17.4 Å². The summed E-state index contributed by atoms with van der Waals surface area (Å²) < 4.78 is 0. The Kier molecular flexibility index (Phi) is 3.12. The Labute approximate surface area is 77.5 Å². The van der Waals surface area contributed by atoms with Crippen molar-refractivity contribution in [3.63, 3.8) is 0 Å². The Bertz CT molecular complexity index is 244. The van der Waals surface area contributed by atoms with Crippen LogP contribution in [0, 0.1) is 0 Å². The van der Waals surface area contributed by atoms with Crippen LogP contribution in [-0.2, 0) is 0 Å². The zero-order chi connectivity index (χ0) is 9.14. The first-order valence-corrected chi connectivity index (χ1v) is 4.97. The van der Waals surface area contributed by atoms with E-state index < -0.39 is 0 Å². The molecule has 0 aliphatic carbocycles. The van der Waals surface area contributed by atoms with E-state index in [4.69, 9.17) is 0 Å². The predicted molar refractivity (Wildman–Crippen MR) is 52.7 cm³/mol. The third-order valence-electron chi connectivity index (χ3n) is 1.99. The smallest absolute Gasteiger partial charge is 0.131 e. The fourth-order valence-electron chi connectivity index (χ4n) is 1.35. The second kappa shape index (κ2) is 3.92. The quantitative estimate of drug-likeness (QED) is 0.782. The van der Waals surface area contributed by atoms with Gasteiger partial charge < -0.3 is 10.0 Å². The summed E-state index contributed by atoms with van der Waals surface area (Å²) in [5.74, 6) is 0.431. The van der Waals surface area contributed by atoms with Gasteiger partial charge in [-0.3, -0.25) is 0 Å². The highest BCUT2D eigenvalue weighted by Gasteiger charge is 2.16. The number of hydrogen-bond donors (Lipinski definition) is 1. The minimum atomic E-state index is 0.352. The van der Waals surface area contributed by atoms with Crippen molar-refractivity contribution in [3.05, 3.63) is 16.3 Å². The highest BCUT2D eigenvalue weighted by atomic mass is 32.1. The first-order chi connectivity index (χ1) is 5.66. The van der Waals surface area contributed by atoms with Crippen LogP contribution in [0.3, 0.4) is 0 Å². The van der Waals surface area contributed by atoms with Crippen LogP contribution < -0.4 is 0 Å². The van der Waals surface area contributed by atoms with Crippen LogP contribution >= 0.6 is 11.3 Å². The fourth-order valence-corrected chi connectivity index (χ4v) is 2.42. The molecule has 0 fully saturated rings. The molecule has 0 spiro atoms. The zero-order valence-electron chi connectivity index (χ0n) is 7.74. The molecule has 1 heterocycles. The lowest BCUT2D eigenvalue weighted by molar-refractivity contribution is 0.289. The first kappa shape index (κ1) is 9.55. The molecular weight excluding hydrogens is 170 g/mol. The summed E-state index contributed by atoms with van der Waals surface area (Å²) in [7, 11) is 4.07. The van der Waals surface area contributed by atoms with Crippen molar-refractivity contribution in [3.8, 4) is 5.75 Å². The number of thiophene rings is 1. The molecular formula is C9H15NOS. The van der Waals surface area contributed by atoms with Crippen molar-refractivity contribution in [2.45, 2.75) is 19.4 Å². The second-order valence-corrected chi connectivity index (χ2v) is 4.01. The molecule has 0 saturated heterocycles. The lowest BCUT2D eigenvalue weighted by Crippen LogP contribution is -2.18. The number of aromatic hydroxyl groups is 1. The van der Waals surface area contributed by atoms with E-state index in [1.807, 2.05) is 19.5 Å². The molecule has 1 unspecified atom stereocenters. The van der Waals surface area contributed by atoms with Crippen LogP contribution in [0.4, 0.5) is 0 Å². The monoisotopic (exact) mass is 185 g/mol. The molecule has 12 heavy (non-hydrogen) atoms. The molecule has 1 rings (SSSR count). The Balaban J connectivity index is 2.87. The van der Waals surface area contributed by atoms with Gasteiger partial charge in [-0.1, -0.05) is 6.92 Å². The molecule has 0 aliphatic rings. The molecule has 0 aliphatic heterocycles. The van der Waals surface area contributed by atoms with E-state index in [0.717, 1.165) is 11.3 Å². The van der Waals surface area contributed by atoms with Gasteiger partial charge in [0, 0.05) is 6.04 Å². The van der Waals surface area contributed by atoms with E-state index >= 15 is 0 Å². The zero-order valence-corrected chi connectivity index (χ0v) is 8.56. The molecule has 1 N–H and O–H groups in total. The van der Waals surface area contributed by atoms with E-state index in [2.05, 4.69) is 11.8 Å². The maximum atomic E-state index is 9.48. The van der Waals surface area contributed by atoms with Crippen LogP contribution in [0.1, 0.15) is 24.3 Å². The molecule has 1 aromatic heterocycles. The van der Waals surface area contributed by atoms with Gasteiger partial charge in [0.05, 0.1) is 4.88 Å². The SMILES string of the molecule is CCC(c1sccc1O)N(C)C. The van der Waals surface area contributed by atoms with Crippen molar-refractivity contribution < 1.29 is 5.11 Å². The summed E-state index contributed by atoms with van der Waals surface area (Å²) in [5.41, 5.74) is 0.